The number of nitrogens with zero attached hydrogens (tertiary/aromatic N) is 2. The summed E-state index contributed by atoms with van der Waals surface area (Å²) in [5, 5.41) is 17.5. The quantitative estimate of drug-likeness (QED) is 0.762. The minimum Gasteiger partial charge on any atom is -0.493 e. The van der Waals surface area contributed by atoms with Crippen LogP contribution in [0, 0.1) is 28.1 Å². The highest BCUT2D eigenvalue weighted by Crippen LogP contribution is 2.37. The van der Waals surface area contributed by atoms with Gasteiger partial charge in [-0.2, -0.15) is 23.7 Å². The number of nitriles is 2. The Labute approximate surface area is 121 Å². The van der Waals surface area contributed by atoms with E-state index in [1.807, 2.05) is 0 Å². The highest BCUT2D eigenvalue weighted by atomic mass is 19.4. The molecule has 0 aromatic heterocycles. The summed E-state index contributed by atoms with van der Waals surface area (Å²) in [6.45, 7) is 3.60. The maximum absolute atomic E-state index is 12.9. The van der Waals surface area contributed by atoms with E-state index in [-0.39, 0.29) is 17.9 Å². The highest BCUT2D eigenvalue weighted by Gasteiger charge is 2.34. The van der Waals surface area contributed by atoms with Gasteiger partial charge in [-0.25, -0.2) is 0 Å². The maximum atomic E-state index is 12.9. The molecule has 0 radical (unpaired) electrons. The fourth-order valence-electron chi connectivity index (χ4n) is 1.70. The topological polar surface area (TPSA) is 56.8 Å². The van der Waals surface area contributed by atoms with Gasteiger partial charge in [-0.15, -0.1) is 0 Å². The SMILES string of the molecule is CC(C)(C#N)CCCOc1ccc(C#N)cc1C(F)(F)F. The van der Waals surface area contributed by atoms with E-state index in [2.05, 4.69) is 6.07 Å². The lowest BCUT2D eigenvalue weighted by Gasteiger charge is -2.17. The van der Waals surface area contributed by atoms with E-state index in [1.54, 1.807) is 19.9 Å². The van der Waals surface area contributed by atoms with Crippen LogP contribution in [0.3, 0.4) is 0 Å². The lowest BCUT2D eigenvalue weighted by molar-refractivity contribution is -0.139. The highest BCUT2D eigenvalue weighted by molar-refractivity contribution is 5.43. The summed E-state index contributed by atoms with van der Waals surface area (Å²) in [4.78, 5) is 0. The van der Waals surface area contributed by atoms with E-state index >= 15 is 0 Å². The molecule has 21 heavy (non-hydrogen) atoms. The minimum absolute atomic E-state index is 0.0692. The Morgan fingerprint density at radius 2 is 1.86 bits per heavy atom. The molecule has 1 rings (SSSR count). The van der Waals surface area contributed by atoms with Crippen molar-refractivity contribution >= 4 is 0 Å². The predicted octanol–water partition coefficient (Wildman–Crippen LogP) is 4.29. The number of ether oxygens (including phenoxy) is 1. The molecule has 0 aliphatic rings. The van der Waals surface area contributed by atoms with Crippen molar-refractivity contribution in [3.8, 4) is 17.9 Å². The second-order valence-corrected chi connectivity index (χ2v) is 5.27. The second-order valence-electron chi connectivity index (χ2n) is 5.27. The van der Waals surface area contributed by atoms with Gasteiger partial charge in [0.25, 0.3) is 0 Å². The van der Waals surface area contributed by atoms with Gasteiger partial charge in [-0.1, -0.05) is 0 Å². The molecule has 0 amide bonds. The van der Waals surface area contributed by atoms with Crippen LogP contribution in [0.5, 0.6) is 5.75 Å². The standard InChI is InChI=1S/C15H15F3N2O/c1-14(2,10-20)6-3-7-21-13-5-4-11(9-19)8-12(13)15(16,17)18/h4-5,8H,3,6-7H2,1-2H3. The van der Waals surface area contributed by atoms with Crippen LogP contribution in [0.15, 0.2) is 18.2 Å². The van der Waals surface area contributed by atoms with Crippen LogP contribution >= 0.6 is 0 Å². The van der Waals surface area contributed by atoms with Gasteiger partial charge in [0.15, 0.2) is 0 Å². The van der Waals surface area contributed by atoms with Crippen LogP contribution in [0.2, 0.25) is 0 Å². The monoisotopic (exact) mass is 296 g/mol. The average Bonchev–Trinajstić information content (AvgIpc) is 2.42. The normalized spacial score (nSPS) is 11.6. The van der Waals surface area contributed by atoms with Gasteiger partial charge in [-0.3, -0.25) is 0 Å². The van der Waals surface area contributed by atoms with Crippen molar-refractivity contribution in [2.24, 2.45) is 5.41 Å². The zero-order valence-corrected chi connectivity index (χ0v) is 11.8. The van der Waals surface area contributed by atoms with Gasteiger partial charge in [0.2, 0.25) is 0 Å². The Balaban J connectivity index is 2.76. The fraction of sp³-hybridized carbons (Fsp3) is 0.467. The maximum Gasteiger partial charge on any atom is 0.420 e. The zero-order chi connectivity index (χ0) is 16.1. The van der Waals surface area contributed by atoms with Crippen molar-refractivity contribution in [2.75, 3.05) is 6.61 Å². The summed E-state index contributed by atoms with van der Waals surface area (Å²) < 4.78 is 43.8. The van der Waals surface area contributed by atoms with Crippen LogP contribution < -0.4 is 4.74 Å². The molecule has 0 saturated heterocycles. The molecule has 0 aliphatic heterocycles. The molecule has 0 fully saturated rings. The van der Waals surface area contributed by atoms with E-state index in [4.69, 9.17) is 15.3 Å². The summed E-state index contributed by atoms with van der Waals surface area (Å²) in [7, 11) is 0. The number of halogens is 3. The van der Waals surface area contributed by atoms with E-state index in [0.717, 1.165) is 12.1 Å². The van der Waals surface area contributed by atoms with Crippen molar-refractivity contribution in [1.29, 1.82) is 10.5 Å². The molecule has 0 spiro atoms. The summed E-state index contributed by atoms with van der Waals surface area (Å²) >= 11 is 0. The largest absolute Gasteiger partial charge is 0.493 e. The van der Waals surface area contributed by atoms with Crippen molar-refractivity contribution < 1.29 is 17.9 Å². The Hall–Kier alpha value is -2.21. The molecule has 3 nitrogen and oxygen atoms in total. The molecular formula is C15H15F3N2O. The first-order valence-electron chi connectivity index (χ1n) is 6.35. The molecule has 6 heteroatoms. The lowest BCUT2D eigenvalue weighted by atomic mass is 9.90. The van der Waals surface area contributed by atoms with Crippen LogP contribution in [0.25, 0.3) is 0 Å². The van der Waals surface area contributed by atoms with Crippen molar-refractivity contribution in [2.45, 2.75) is 32.9 Å². The molecule has 0 saturated carbocycles. The Kier molecular flexibility index (Phi) is 5.21. The smallest absolute Gasteiger partial charge is 0.420 e. The fourth-order valence-corrected chi connectivity index (χ4v) is 1.70. The van der Waals surface area contributed by atoms with Crippen LogP contribution in [-0.2, 0) is 6.18 Å². The van der Waals surface area contributed by atoms with E-state index in [0.29, 0.717) is 12.8 Å². The molecule has 0 bridgehead atoms. The lowest BCUT2D eigenvalue weighted by Crippen LogP contribution is -2.12. The molecule has 1 aromatic carbocycles. The van der Waals surface area contributed by atoms with Crippen molar-refractivity contribution in [1.82, 2.24) is 0 Å². The first-order chi connectivity index (χ1) is 9.69. The van der Waals surface area contributed by atoms with Gasteiger partial charge in [0.05, 0.1) is 35.3 Å². The van der Waals surface area contributed by atoms with Gasteiger partial charge in [-0.05, 0) is 44.9 Å². The van der Waals surface area contributed by atoms with Gasteiger partial charge < -0.3 is 4.74 Å². The number of hydrogen-bond donors (Lipinski definition) is 0. The Morgan fingerprint density at radius 3 is 2.38 bits per heavy atom. The molecule has 0 aliphatic carbocycles. The third-order valence-electron chi connectivity index (χ3n) is 2.92. The zero-order valence-electron chi connectivity index (χ0n) is 11.8. The van der Waals surface area contributed by atoms with Crippen molar-refractivity contribution in [3.05, 3.63) is 29.3 Å². The average molecular weight is 296 g/mol. The van der Waals surface area contributed by atoms with Crippen molar-refractivity contribution in [3.63, 3.8) is 0 Å². The van der Waals surface area contributed by atoms with E-state index in [9.17, 15) is 13.2 Å². The molecular weight excluding hydrogens is 281 g/mol. The van der Waals surface area contributed by atoms with Crippen LogP contribution in [0.1, 0.15) is 37.8 Å². The summed E-state index contributed by atoms with van der Waals surface area (Å²) in [6.07, 6.45) is -3.58. The number of benzene rings is 1. The molecule has 0 N–H and O–H groups in total. The third kappa shape index (κ3) is 5.00. The molecule has 0 heterocycles. The Bertz CT molecular complexity index is 580. The molecule has 112 valence electrons. The minimum atomic E-state index is -4.58. The number of alkyl halides is 3. The summed E-state index contributed by atoms with van der Waals surface area (Å²) in [5.74, 6) is -0.295. The Morgan fingerprint density at radius 1 is 1.19 bits per heavy atom. The second kappa shape index (κ2) is 6.49. The first kappa shape index (κ1) is 16.8. The summed E-state index contributed by atoms with van der Waals surface area (Å²) in [6, 6.07) is 6.99. The third-order valence-corrected chi connectivity index (χ3v) is 2.92. The van der Waals surface area contributed by atoms with Crippen LogP contribution in [-0.4, -0.2) is 6.61 Å². The van der Waals surface area contributed by atoms with Crippen LogP contribution in [0.4, 0.5) is 13.2 Å². The first-order valence-corrected chi connectivity index (χ1v) is 6.35. The molecule has 0 unspecified atom stereocenters. The summed E-state index contributed by atoms with van der Waals surface area (Å²) in [5.41, 5.74) is -1.55. The van der Waals surface area contributed by atoms with Gasteiger partial charge in [0, 0.05) is 0 Å². The predicted molar refractivity (Wildman–Crippen MR) is 70.3 cm³/mol. The molecule has 0 atom stereocenters. The molecule has 1 aromatic rings. The number of hydrogen-bond acceptors (Lipinski definition) is 3. The van der Waals surface area contributed by atoms with E-state index < -0.39 is 17.2 Å². The van der Waals surface area contributed by atoms with Gasteiger partial charge >= 0.3 is 6.18 Å². The van der Waals surface area contributed by atoms with Gasteiger partial charge in [0.1, 0.15) is 5.75 Å². The number of rotatable bonds is 5. The van der Waals surface area contributed by atoms with E-state index in [1.165, 1.54) is 6.07 Å².